The molecule has 0 aromatic heterocycles. The molecule has 1 heterocycles. The molecule has 0 bridgehead atoms. The van der Waals surface area contributed by atoms with Crippen molar-refractivity contribution in [2.75, 3.05) is 13.1 Å². The zero-order valence-corrected chi connectivity index (χ0v) is 7.17. The van der Waals surface area contributed by atoms with E-state index in [1.807, 2.05) is 4.67 Å². The van der Waals surface area contributed by atoms with Crippen molar-refractivity contribution in [3.8, 4) is 0 Å². The zero-order chi connectivity index (χ0) is 8.06. The van der Waals surface area contributed by atoms with Crippen molar-refractivity contribution in [2.24, 2.45) is 5.73 Å². The quantitative estimate of drug-likeness (QED) is 0.475. The van der Waals surface area contributed by atoms with Gasteiger partial charge in [0.1, 0.15) is 5.16 Å². The van der Waals surface area contributed by atoms with Crippen LogP contribution in [-0.2, 0) is 9.36 Å². The molecule has 11 heavy (non-hydrogen) atoms. The number of nitrogens with zero attached hydrogens (tertiary/aromatic N) is 1. The minimum Gasteiger partial charge on any atom is -0.369 e. The Bertz CT molecular complexity index is 233. The summed E-state index contributed by atoms with van der Waals surface area (Å²) >= 11 is 0. The van der Waals surface area contributed by atoms with E-state index in [-0.39, 0.29) is 5.91 Å². The van der Waals surface area contributed by atoms with Gasteiger partial charge < -0.3 is 10.3 Å². The second-order valence-corrected chi connectivity index (χ2v) is 5.44. The van der Waals surface area contributed by atoms with Crippen LogP contribution in [0.2, 0.25) is 0 Å². The van der Waals surface area contributed by atoms with E-state index in [0.717, 1.165) is 25.9 Å². The molecular weight excluding hydrogens is 163 g/mol. The Labute approximate surface area is 65.6 Å². The van der Waals surface area contributed by atoms with Gasteiger partial charge in [0, 0.05) is 13.1 Å². The van der Waals surface area contributed by atoms with E-state index >= 15 is 0 Å². The molecule has 2 rings (SSSR count). The van der Waals surface area contributed by atoms with Crippen molar-refractivity contribution in [3.05, 3.63) is 0 Å². The molecule has 1 saturated heterocycles. The van der Waals surface area contributed by atoms with Crippen molar-refractivity contribution in [1.82, 2.24) is 4.67 Å². The highest BCUT2D eigenvalue weighted by atomic mass is 31.1. The molecule has 5 heteroatoms. The summed E-state index contributed by atoms with van der Waals surface area (Å²) in [5, 5.41) is -0.596. The van der Waals surface area contributed by atoms with Crippen LogP contribution in [-0.4, -0.2) is 28.8 Å². The predicted octanol–water partition coefficient (Wildman–Crippen LogP) is -0.205. The Morgan fingerprint density at radius 2 is 2.00 bits per heavy atom. The highest BCUT2D eigenvalue weighted by Crippen LogP contribution is 2.60. The summed E-state index contributed by atoms with van der Waals surface area (Å²) in [6.45, 7) is 1.76. The monoisotopic (exact) mass is 174 g/mol. The summed E-state index contributed by atoms with van der Waals surface area (Å²) in [5.41, 5.74) is 5.16. The summed E-state index contributed by atoms with van der Waals surface area (Å²) in [4.78, 5) is 10.9. The normalized spacial score (nSPS) is 29.5. The molecule has 1 atom stereocenters. The van der Waals surface area contributed by atoms with Gasteiger partial charge in [0.25, 0.3) is 0 Å². The standard InChI is InChI=1S/C6H11N2O2P/c7-5(9)6(1-2-6)11(10)8-3-4-8/h11H,1-4H2,(H2,7,9). The van der Waals surface area contributed by atoms with Crippen molar-refractivity contribution >= 4 is 13.9 Å². The van der Waals surface area contributed by atoms with Crippen LogP contribution in [0, 0.1) is 0 Å². The van der Waals surface area contributed by atoms with Crippen molar-refractivity contribution in [3.63, 3.8) is 0 Å². The smallest absolute Gasteiger partial charge is 0.232 e. The van der Waals surface area contributed by atoms with E-state index < -0.39 is 13.1 Å². The maximum Gasteiger partial charge on any atom is 0.232 e. The van der Waals surface area contributed by atoms with Crippen LogP contribution in [0.5, 0.6) is 0 Å². The Morgan fingerprint density at radius 1 is 1.45 bits per heavy atom. The van der Waals surface area contributed by atoms with Gasteiger partial charge in [-0.3, -0.25) is 9.46 Å². The molecule has 0 aromatic carbocycles. The second kappa shape index (κ2) is 2.08. The Morgan fingerprint density at radius 3 is 2.27 bits per heavy atom. The lowest BCUT2D eigenvalue weighted by atomic mass is 10.4. The molecule has 0 aromatic rings. The van der Waals surface area contributed by atoms with Crippen LogP contribution in [0.3, 0.4) is 0 Å². The number of nitrogens with two attached hydrogens (primary N) is 1. The van der Waals surface area contributed by atoms with E-state index in [1.165, 1.54) is 0 Å². The van der Waals surface area contributed by atoms with Gasteiger partial charge in [-0.1, -0.05) is 0 Å². The lowest BCUT2D eigenvalue weighted by Gasteiger charge is -2.10. The summed E-state index contributed by atoms with van der Waals surface area (Å²) < 4.78 is 13.4. The molecule has 2 aliphatic rings. The maximum absolute atomic E-state index is 11.5. The molecule has 0 radical (unpaired) electrons. The average Bonchev–Trinajstić information content (AvgIpc) is 2.84. The second-order valence-electron chi connectivity index (χ2n) is 3.24. The fraction of sp³-hybridized carbons (Fsp3) is 0.833. The largest absolute Gasteiger partial charge is 0.369 e. The van der Waals surface area contributed by atoms with Crippen LogP contribution >= 0.6 is 7.95 Å². The molecule has 1 unspecified atom stereocenters. The minimum atomic E-state index is -1.85. The van der Waals surface area contributed by atoms with Gasteiger partial charge in [0.15, 0.2) is 7.95 Å². The number of carbonyl (C=O) groups excluding carboxylic acids is 1. The third-order valence-corrected chi connectivity index (χ3v) is 4.95. The van der Waals surface area contributed by atoms with Crippen LogP contribution in [0.15, 0.2) is 0 Å². The van der Waals surface area contributed by atoms with Crippen LogP contribution in [0.25, 0.3) is 0 Å². The van der Waals surface area contributed by atoms with Gasteiger partial charge in [-0.2, -0.15) is 0 Å². The molecule has 62 valence electrons. The third-order valence-electron chi connectivity index (χ3n) is 2.37. The van der Waals surface area contributed by atoms with Crippen molar-refractivity contribution in [1.29, 1.82) is 0 Å². The number of hydrogen-bond donors (Lipinski definition) is 1. The lowest BCUT2D eigenvalue weighted by Crippen LogP contribution is -2.28. The SMILES string of the molecule is NC(=O)C1([PH](=O)N2CC2)CC1. The molecule has 1 aliphatic heterocycles. The molecule has 2 fully saturated rings. The zero-order valence-electron chi connectivity index (χ0n) is 6.17. The van der Waals surface area contributed by atoms with E-state index in [0.29, 0.717) is 0 Å². The first-order chi connectivity index (χ1) is 5.17. The summed E-state index contributed by atoms with van der Waals surface area (Å²) in [6.07, 6.45) is 1.47. The third kappa shape index (κ3) is 1.01. The van der Waals surface area contributed by atoms with Crippen LogP contribution in [0.1, 0.15) is 12.8 Å². The Hall–Kier alpha value is -0.340. The summed E-state index contributed by atoms with van der Waals surface area (Å²) in [7, 11) is -1.85. The van der Waals surface area contributed by atoms with E-state index in [2.05, 4.69) is 0 Å². The van der Waals surface area contributed by atoms with E-state index in [4.69, 9.17) is 5.73 Å². The summed E-state index contributed by atoms with van der Waals surface area (Å²) in [5.74, 6) is -0.367. The first-order valence-corrected chi connectivity index (χ1v) is 5.12. The fourth-order valence-electron chi connectivity index (χ4n) is 1.25. The highest BCUT2D eigenvalue weighted by molar-refractivity contribution is 7.46. The topological polar surface area (TPSA) is 63.2 Å². The van der Waals surface area contributed by atoms with Crippen molar-refractivity contribution in [2.45, 2.75) is 18.0 Å². The molecule has 2 N–H and O–H groups in total. The number of amides is 1. The van der Waals surface area contributed by atoms with Gasteiger partial charge in [-0.15, -0.1) is 0 Å². The van der Waals surface area contributed by atoms with Gasteiger partial charge in [0.2, 0.25) is 5.91 Å². The first kappa shape index (κ1) is 7.32. The average molecular weight is 174 g/mol. The lowest BCUT2D eigenvalue weighted by molar-refractivity contribution is -0.118. The Balaban J connectivity index is 2.13. The molecule has 1 saturated carbocycles. The van der Waals surface area contributed by atoms with Crippen LogP contribution < -0.4 is 5.73 Å². The van der Waals surface area contributed by atoms with Gasteiger partial charge in [-0.25, -0.2) is 0 Å². The number of carbonyl (C=O) groups is 1. The first-order valence-electron chi connectivity index (χ1n) is 3.76. The molecular formula is C6H11N2O2P. The van der Waals surface area contributed by atoms with E-state index in [9.17, 15) is 9.36 Å². The van der Waals surface area contributed by atoms with Gasteiger partial charge in [0.05, 0.1) is 0 Å². The van der Waals surface area contributed by atoms with E-state index in [1.54, 1.807) is 0 Å². The minimum absolute atomic E-state index is 0.367. The number of hydrogen-bond acceptors (Lipinski definition) is 2. The maximum atomic E-state index is 11.5. The fourth-order valence-corrected chi connectivity index (χ4v) is 3.12. The number of rotatable bonds is 3. The number of primary amides is 1. The predicted molar refractivity (Wildman–Crippen MR) is 41.7 cm³/mol. The molecule has 1 amide bonds. The molecule has 1 aliphatic carbocycles. The summed E-state index contributed by atoms with van der Waals surface area (Å²) in [6, 6.07) is 0. The molecule has 0 spiro atoms. The van der Waals surface area contributed by atoms with Gasteiger partial charge in [-0.05, 0) is 12.8 Å². The van der Waals surface area contributed by atoms with Crippen LogP contribution in [0.4, 0.5) is 0 Å². The van der Waals surface area contributed by atoms with Crippen molar-refractivity contribution < 1.29 is 9.36 Å². The molecule has 4 nitrogen and oxygen atoms in total. The highest BCUT2D eigenvalue weighted by Gasteiger charge is 2.56. The Kier molecular flexibility index (Phi) is 1.38. The van der Waals surface area contributed by atoms with Gasteiger partial charge >= 0.3 is 0 Å².